The second kappa shape index (κ2) is 5.02. The molecule has 1 amide bonds. The van der Waals surface area contributed by atoms with Crippen LogP contribution in [0.1, 0.15) is 23.9 Å². The fraction of sp³-hybridized carbons (Fsp3) is 0.500. The third kappa shape index (κ3) is 2.51. The first-order valence-corrected chi connectivity index (χ1v) is 6.14. The van der Waals surface area contributed by atoms with E-state index in [4.69, 9.17) is 21.1 Å². The van der Waals surface area contributed by atoms with Gasteiger partial charge in [0.25, 0.3) is 5.91 Å². The number of halogens is 1. The number of carbonyl (C=O) groups is 2. The zero-order valence-electron chi connectivity index (χ0n) is 9.93. The smallest absolute Gasteiger partial charge is 0.306 e. The summed E-state index contributed by atoms with van der Waals surface area (Å²) in [5.41, 5.74) is 0. The summed E-state index contributed by atoms with van der Waals surface area (Å²) in [5.74, 6) is -1.28. The molecule has 0 aromatic carbocycles. The van der Waals surface area contributed by atoms with Gasteiger partial charge >= 0.3 is 5.97 Å². The standard InChI is InChI=1S/C12H14ClNO4/c1-7-6-14(5-4-8(7)12(16)17)11(15)9-2-3-10(13)18-9/h2-3,7-8H,4-6H2,1H3,(H,16,17). The van der Waals surface area contributed by atoms with Crippen LogP contribution in [-0.4, -0.2) is 35.0 Å². The number of amides is 1. The number of carboxylic acid groups (broad SMARTS) is 1. The van der Waals surface area contributed by atoms with Gasteiger partial charge in [-0.3, -0.25) is 9.59 Å². The van der Waals surface area contributed by atoms with Crippen LogP contribution in [0.2, 0.25) is 5.22 Å². The fourth-order valence-electron chi connectivity index (χ4n) is 2.28. The van der Waals surface area contributed by atoms with Gasteiger partial charge in [0.15, 0.2) is 11.0 Å². The van der Waals surface area contributed by atoms with E-state index in [1.165, 1.54) is 12.1 Å². The van der Waals surface area contributed by atoms with Crippen LogP contribution in [0, 0.1) is 11.8 Å². The molecule has 0 saturated carbocycles. The maximum absolute atomic E-state index is 12.1. The summed E-state index contributed by atoms with van der Waals surface area (Å²) < 4.78 is 5.07. The minimum Gasteiger partial charge on any atom is -0.481 e. The molecule has 2 unspecified atom stereocenters. The van der Waals surface area contributed by atoms with Crippen LogP contribution in [0.5, 0.6) is 0 Å². The van der Waals surface area contributed by atoms with Crippen molar-refractivity contribution in [3.05, 3.63) is 23.1 Å². The molecule has 2 atom stereocenters. The molecule has 5 nitrogen and oxygen atoms in total. The van der Waals surface area contributed by atoms with Crippen molar-refractivity contribution in [2.45, 2.75) is 13.3 Å². The molecule has 2 rings (SSSR count). The first-order valence-electron chi connectivity index (χ1n) is 5.76. The number of furan rings is 1. The van der Waals surface area contributed by atoms with Gasteiger partial charge in [0.2, 0.25) is 0 Å². The maximum Gasteiger partial charge on any atom is 0.306 e. The number of hydrogen-bond donors (Lipinski definition) is 1. The number of rotatable bonds is 2. The Morgan fingerprint density at radius 3 is 2.72 bits per heavy atom. The predicted octanol–water partition coefficient (Wildman–Crippen LogP) is 2.12. The third-order valence-corrected chi connectivity index (χ3v) is 3.50. The quantitative estimate of drug-likeness (QED) is 0.894. The van der Waals surface area contributed by atoms with Crippen molar-refractivity contribution < 1.29 is 19.1 Å². The zero-order chi connectivity index (χ0) is 13.3. The molecule has 2 heterocycles. The van der Waals surface area contributed by atoms with E-state index in [1.54, 1.807) is 4.90 Å². The number of aliphatic carboxylic acids is 1. The SMILES string of the molecule is CC1CN(C(=O)c2ccc(Cl)o2)CCC1C(=O)O. The highest BCUT2D eigenvalue weighted by molar-refractivity contribution is 6.29. The summed E-state index contributed by atoms with van der Waals surface area (Å²) >= 11 is 5.62. The minimum absolute atomic E-state index is 0.0642. The zero-order valence-corrected chi connectivity index (χ0v) is 10.7. The van der Waals surface area contributed by atoms with Gasteiger partial charge < -0.3 is 14.4 Å². The highest BCUT2D eigenvalue weighted by atomic mass is 35.5. The van der Waals surface area contributed by atoms with Crippen molar-refractivity contribution in [2.75, 3.05) is 13.1 Å². The van der Waals surface area contributed by atoms with Crippen molar-refractivity contribution >= 4 is 23.5 Å². The predicted molar refractivity (Wildman–Crippen MR) is 64.5 cm³/mol. The van der Waals surface area contributed by atoms with E-state index >= 15 is 0 Å². The average Bonchev–Trinajstić information content (AvgIpc) is 2.74. The molecule has 1 aliphatic rings. The van der Waals surface area contributed by atoms with Crippen molar-refractivity contribution in [3.63, 3.8) is 0 Å². The van der Waals surface area contributed by atoms with Crippen LogP contribution in [0.25, 0.3) is 0 Å². The third-order valence-electron chi connectivity index (χ3n) is 3.29. The lowest BCUT2D eigenvalue weighted by molar-refractivity contribution is -0.145. The summed E-state index contributed by atoms with van der Waals surface area (Å²) in [6.07, 6.45) is 0.469. The highest BCUT2D eigenvalue weighted by Crippen LogP contribution is 2.25. The molecular weight excluding hydrogens is 258 g/mol. The first-order chi connectivity index (χ1) is 8.49. The van der Waals surface area contributed by atoms with E-state index in [0.717, 1.165) is 0 Å². The van der Waals surface area contributed by atoms with E-state index in [0.29, 0.717) is 19.5 Å². The van der Waals surface area contributed by atoms with Gasteiger partial charge in [-0.1, -0.05) is 6.92 Å². The molecule has 0 spiro atoms. The number of piperidine rings is 1. The first kappa shape index (κ1) is 13.0. The second-order valence-corrected chi connectivity index (χ2v) is 4.94. The lowest BCUT2D eigenvalue weighted by atomic mass is 9.87. The molecule has 0 radical (unpaired) electrons. The monoisotopic (exact) mass is 271 g/mol. The van der Waals surface area contributed by atoms with Gasteiger partial charge in [-0.15, -0.1) is 0 Å². The average molecular weight is 272 g/mol. The summed E-state index contributed by atoms with van der Waals surface area (Å²) in [4.78, 5) is 24.6. The Morgan fingerprint density at radius 2 is 2.22 bits per heavy atom. The lowest BCUT2D eigenvalue weighted by Gasteiger charge is -2.34. The molecule has 0 bridgehead atoms. The Hall–Kier alpha value is -1.49. The number of nitrogens with zero attached hydrogens (tertiary/aromatic N) is 1. The van der Waals surface area contributed by atoms with Gasteiger partial charge in [-0.2, -0.15) is 0 Å². The summed E-state index contributed by atoms with van der Waals surface area (Å²) in [5, 5.41) is 9.19. The lowest BCUT2D eigenvalue weighted by Crippen LogP contribution is -2.44. The Balaban J connectivity index is 2.04. The number of hydrogen-bond acceptors (Lipinski definition) is 3. The Kier molecular flexibility index (Phi) is 3.61. The number of carbonyl (C=O) groups excluding carboxylic acids is 1. The molecule has 1 fully saturated rings. The Labute approximate surface area is 109 Å². The molecule has 1 aromatic heterocycles. The number of likely N-dealkylation sites (tertiary alicyclic amines) is 1. The normalized spacial score (nSPS) is 24.0. The molecule has 6 heteroatoms. The number of carboxylic acids is 1. The van der Waals surface area contributed by atoms with Gasteiger partial charge in [-0.05, 0) is 36.1 Å². The van der Waals surface area contributed by atoms with Crippen LogP contribution in [0.3, 0.4) is 0 Å². The minimum atomic E-state index is -0.796. The van der Waals surface area contributed by atoms with Crippen LogP contribution >= 0.6 is 11.6 Å². The van der Waals surface area contributed by atoms with E-state index < -0.39 is 5.97 Å². The van der Waals surface area contributed by atoms with Crippen molar-refractivity contribution in [1.82, 2.24) is 4.90 Å². The van der Waals surface area contributed by atoms with E-state index in [9.17, 15) is 9.59 Å². The topological polar surface area (TPSA) is 70.8 Å². The molecule has 1 aliphatic heterocycles. The summed E-state index contributed by atoms with van der Waals surface area (Å²) in [6, 6.07) is 3.04. The van der Waals surface area contributed by atoms with Gasteiger partial charge in [0, 0.05) is 13.1 Å². The van der Waals surface area contributed by atoms with E-state index in [1.807, 2.05) is 6.92 Å². The Morgan fingerprint density at radius 1 is 1.50 bits per heavy atom. The molecule has 1 aromatic rings. The van der Waals surface area contributed by atoms with Crippen LogP contribution in [0.15, 0.2) is 16.5 Å². The fourth-order valence-corrected chi connectivity index (χ4v) is 2.43. The highest BCUT2D eigenvalue weighted by Gasteiger charge is 2.33. The van der Waals surface area contributed by atoms with Crippen LogP contribution in [0.4, 0.5) is 0 Å². The maximum atomic E-state index is 12.1. The molecule has 18 heavy (non-hydrogen) atoms. The van der Waals surface area contributed by atoms with E-state index in [2.05, 4.69) is 0 Å². The van der Waals surface area contributed by atoms with Gasteiger partial charge in [-0.25, -0.2) is 0 Å². The van der Waals surface area contributed by atoms with Gasteiger partial charge in [0.05, 0.1) is 5.92 Å². The summed E-state index contributed by atoms with van der Waals surface area (Å²) in [7, 11) is 0. The molecular formula is C12H14ClNO4. The largest absolute Gasteiger partial charge is 0.481 e. The molecule has 1 N–H and O–H groups in total. The van der Waals surface area contributed by atoms with Crippen LogP contribution < -0.4 is 0 Å². The van der Waals surface area contributed by atoms with E-state index in [-0.39, 0.29) is 28.7 Å². The van der Waals surface area contributed by atoms with Crippen molar-refractivity contribution in [1.29, 1.82) is 0 Å². The van der Waals surface area contributed by atoms with Gasteiger partial charge in [0.1, 0.15) is 0 Å². The summed E-state index contributed by atoms with van der Waals surface area (Å²) in [6.45, 7) is 2.69. The van der Waals surface area contributed by atoms with Crippen LogP contribution in [-0.2, 0) is 4.79 Å². The molecule has 1 saturated heterocycles. The van der Waals surface area contributed by atoms with Crippen molar-refractivity contribution in [2.24, 2.45) is 11.8 Å². The second-order valence-electron chi connectivity index (χ2n) is 4.57. The molecule has 0 aliphatic carbocycles. The molecule has 98 valence electrons. The Bertz CT molecular complexity index is 470. The van der Waals surface area contributed by atoms with Crippen molar-refractivity contribution in [3.8, 4) is 0 Å².